The molecular formula is C12H11Cl2N3O2. The lowest BCUT2D eigenvalue weighted by Crippen LogP contribution is -2.19. The first-order valence-electron chi connectivity index (χ1n) is 5.57. The van der Waals surface area contributed by atoms with Crippen molar-refractivity contribution in [2.75, 3.05) is 5.32 Å². The van der Waals surface area contributed by atoms with E-state index < -0.39 is 0 Å². The van der Waals surface area contributed by atoms with Gasteiger partial charge in [-0.1, -0.05) is 23.2 Å². The largest absolute Gasteiger partial charge is 0.340 e. The summed E-state index contributed by atoms with van der Waals surface area (Å²) >= 11 is 11.5. The van der Waals surface area contributed by atoms with Crippen LogP contribution in [0.15, 0.2) is 29.2 Å². The van der Waals surface area contributed by atoms with Gasteiger partial charge in [0.05, 0.1) is 10.7 Å². The van der Waals surface area contributed by atoms with Gasteiger partial charge in [-0.25, -0.2) is 0 Å². The number of aryl methyl sites for hydroxylation is 1. The van der Waals surface area contributed by atoms with Gasteiger partial charge in [0.25, 0.3) is 11.5 Å². The van der Waals surface area contributed by atoms with Crippen LogP contribution in [0, 0.1) is 0 Å². The molecule has 1 amide bonds. The third-order valence-corrected chi connectivity index (χ3v) is 3.24. The average molecular weight is 300 g/mol. The lowest BCUT2D eigenvalue weighted by Gasteiger charge is -2.06. The predicted octanol–water partition coefficient (Wildman–Crippen LogP) is 2.76. The maximum atomic E-state index is 11.9. The standard InChI is InChI=1S/C12H11Cl2N3O2/c1-2-17-6-7(3-4-10(17)18)15-12(19)9-5-8(13)11(14)16-9/h3-6,16H,2H2,1H3,(H,15,19). The lowest BCUT2D eigenvalue weighted by molar-refractivity contribution is 0.102. The fourth-order valence-corrected chi connectivity index (χ4v) is 1.89. The summed E-state index contributed by atoms with van der Waals surface area (Å²) in [4.78, 5) is 26.0. The first kappa shape index (κ1) is 13.7. The van der Waals surface area contributed by atoms with E-state index in [1.807, 2.05) is 6.92 Å². The van der Waals surface area contributed by atoms with Gasteiger partial charge < -0.3 is 14.9 Å². The zero-order chi connectivity index (χ0) is 14.0. The van der Waals surface area contributed by atoms with E-state index in [0.717, 1.165) is 0 Å². The Morgan fingerprint density at radius 3 is 2.74 bits per heavy atom. The highest BCUT2D eigenvalue weighted by Crippen LogP contribution is 2.22. The molecule has 2 aromatic heterocycles. The molecule has 0 saturated carbocycles. The van der Waals surface area contributed by atoms with Gasteiger partial charge in [-0.15, -0.1) is 0 Å². The Morgan fingerprint density at radius 1 is 1.42 bits per heavy atom. The van der Waals surface area contributed by atoms with Crippen LogP contribution in [0.2, 0.25) is 10.2 Å². The third-order valence-electron chi connectivity index (χ3n) is 2.55. The molecule has 2 aromatic rings. The fraction of sp³-hybridized carbons (Fsp3) is 0.167. The highest BCUT2D eigenvalue weighted by atomic mass is 35.5. The molecule has 2 rings (SSSR count). The summed E-state index contributed by atoms with van der Waals surface area (Å²) in [6.45, 7) is 2.38. The number of halogens is 2. The van der Waals surface area contributed by atoms with Gasteiger partial charge in [0, 0.05) is 18.8 Å². The molecule has 100 valence electrons. The summed E-state index contributed by atoms with van der Waals surface area (Å²) in [6.07, 6.45) is 1.58. The van der Waals surface area contributed by atoms with Crippen molar-refractivity contribution in [3.8, 4) is 0 Å². The van der Waals surface area contributed by atoms with Gasteiger partial charge in [0.2, 0.25) is 0 Å². The SMILES string of the molecule is CCn1cc(NC(=O)c2cc(Cl)c(Cl)[nH]2)ccc1=O. The monoisotopic (exact) mass is 299 g/mol. The zero-order valence-electron chi connectivity index (χ0n) is 10.0. The highest BCUT2D eigenvalue weighted by Gasteiger charge is 2.12. The van der Waals surface area contributed by atoms with Crippen LogP contribution in [0.5, 0.6) is 0 Å². The second-order valence-corrected chi connectivity index (χ2v) is 4.63. The average Bonchev–Trinajstić information content (AvgIpc) is 2.72. The Morgan fingerprint density at radius 2 is 2.16 bits per heavy atom. The van der Waals surface area contributed by atoms with Gasteiger partial charge in [-0.05, 0) is 19.1 Å². The van der Waals surface area contributed by atoms with Gasteiger partial charge in [0.1, 0.15) is 10.8 Å². The van der Waals surface area contributed by atoms with E-state index in [0.29, 0.717) is 12.2 Å². The predicted molar refractivity (Wildman–Crippen MR) is 75.1 cm³/mol. The maximum absolute atomic E-state index is 11.9. The number of pyridine rings is 1. The Balaban J connectivity index is 2.21. The van der Waals surface area contributed by atoms with Crippen LogP contribution in [-0.2, 0) is 6.54 Å². The van der Waals surface area contributed by atoms with Crippen LogP contribution >= 0.6 is 23.2 Å². The number of carbonyl (C=O) groups is 1. The van der Waals surface area contributed by atoms with Crippen molar-refractivity contribution < 1.29 is 4.79 Å². The van der Waals surface area contributed by atoms with Gasteiger partial charge in [0.15, 0.2) is 0 Å². The Bertz CT molecular complexity index is 656. The Kier molecular flexibility index (Phi) is 3.97. The smallest absolute Gasteiger partial charge is 0.272 e. The number of nitrogens with zero attached hydrogens (tertiary/aromatic N) is 1. The number of aromatic nitrogens is 2. The molecule has 0 fully saturated rings. The molecule has 0 spiro atoms. The molecule has 0 bridgehead atoms. The number of anilines is 1. The van der Waals surface area contributed by atoms with Crippen molar-refractivity contribution in [1.82, 2.24) is 9.55 Å². The molecule has 2 heterocycles. The molecule has 5 nitrogen and oxygen atoms in total. The molecule has 7 heteroatoms. The van der Waals surface area contributed by atoms with Crippen LogP contribution in [0.25, 0.3) is 0 Å². The van der Waals surface area contributed by atoms with Crippen LogP contribution in [0.3, 0.4) is 0 Å². The van der Waals surface area contributed by atoms with Crippen LogP contribution in [0.4, 0.5) is 5.69 Å². The normalized spacial score (nSPS) is 10.5. The molecule has 0 saturated heterocycles. The van der Waals surface area contributed by atoms with Crippen molar-refractivity contribution in [3.63, 3.8) is 0 Å². The first-order valence-corrected chi connectivity index (χ1v) is 6.32. The molecule has 0 aliphatic heterocycles. The second-order valence-electron chi connectivity index (χ2n) is 3.84. The van der Waals surface area contributed by atoms with Crippen molar-refractivity contribution >= 4 is 34.8 Å². The minimum Gasteiger partial charge on any atom is -0.340 e. The molecule has 0 radical (unpaired) electrons. The van der Waals surface area contributed by atoms with E-state index >= 15 is 0 Å². The third kappa shape index (κ3) is 3.00. The minimum atomic E-state index is -0.380. The number of nitrogens with one attached hydrogen (secondary N) is 2. The molecule has 2 N–H and O–H groups in total. The molecule has 0 aliphatic rings. The van der Waals surface area contributed by atoms with Crippen molar-refractivity contribution in [3.05, 3.63) is 50.6 Å². The zero-order valence-corrected chi connectivity index (χ0v) is 11.5. The topological polar surface area (TPSA) is 66.9 Å². The summed E-state index contributed by atoms with van der Waals surface area (Å²) in [7, 11) is 0. The summed E-state index contributed by atoms with van der Waals surface area (Å²) in [5.74, 6) is -0.380. The van der Waals surface area contributed by atoms with Crippen molar-refractivity contribution in [2.45, 2.75) is 13.5 Å². The van der Waals surface area contributed by atoms with Gasteiger partial charge in [-0.2, -0.15) is 0 Å². The van der Waals surface area contributed by atoms with E-state index in [-0.39, 0.29) is 27.3 Å². The molecule has 0 aliphatic carbocycles. The van der Waals surface area contributed by atoms with E-state index in [9.17, 15) is 9.59 Å². The second kappa shape index (κ2) is 5.50. The molecule has 0 aromatic carbocycles. The molecular weight excluding hydrogens is 289 g/mol. The fourth-order valence-electron chi connectivity index (χ4n) is 1.58. The Labute approximate surface area is 119 Å². The van der Waals surface area contributed by atoms with Crippen LogP contribution in [-0.4, -0.2) is 15.5 Å². The minimum absolute atomic E-state index is 0.119. The van der Waals surface area contributed by atoms with Gasteiger partial charge in [-0.3, -0.25) is 9.59 Å². The lowest BCUT2D eigenvalue weighted by atomic mass is 10.3. The summed E-state index contributed by atoms with van der Waals surface area (Å²) in [5.41, 5.74) is 0.656. The maximum Gasteiger partial charge on any atom is 0.272 e. The number of amides is 1. The molecule has 19 heavy (non-hydrogen) atoms. The van der Waals surface area contributed by atoms with E-state index in [4.69, 9.17) is 23.2 Å². The van der Waals surface area contributed by atoms with Crippen molar-refractivity contribution in [2.24, 2.45) is 0 Å². The number of carbonyl (C=O) groups excluding carboxylic acids is 1. The summed E-state index contributed by atoms with van der Waals surface area (Å²) in [6, 6.07) is 4.38. The van der Waals surface area contributed by atoms with Crippen LogP contribution in [0.1, 0.15) is 17.4 Å². The highest BCUT2D eigenvalue weighted by molar-refractivity contribution is 6.41. The number of aromatic amines is 1. The molecule has 0 atom stereocenters. The number of hydrogen-bond acceptors (Lipinski definition) is 2. The van der Waals surface area contributed by atoms with E-state index in [1.54, 1.807) is 12.3 Å². The van der Waals surface area contributed by atoms with E-state index in [1.165, 1.54) is 16.7 Å². The van der Waals surface area contributed by atoms with Crippen molar-refractivity contribution in [1.29, 1.82) is 0 Å². The number of hydrogen-bond donors (Lipinski definition) is 2. The molecule has 0 unspecified atom stereocenters. The quantitative estimate of drug-likeness (QED) is 0.915. The first-order chi connectivity index (χ1) is 9.01. The van der Waals surface area contributed by atoms with Gasteiger partial charge >= 0.3 is 0 Å². The van der Waals surface area contributed by atoms with Crippen LogP contribution < -0.4 is 10.9 Å². The summed E-state index contributed by atoms with van der Waals surface area (Å²) in [5, 5.41) is 3.15. The summed E-state index contributed by atoms with van der Waals surface area (Å²) < 4.78 is 1.49. The Hall–Kier alpha value is -1.72. The number of rotatable bonds is 3. The van der Waals surface area contributed by atoms with E-state index in [2.05, 4.69) is 10.3 Å². The number of H-pyrrole nitrogens is 1.